The minimum absolute atomic E-state index is 0.423. The number of halogens is 1. The highest BCUT2D eigenvalue weighted by atomic mass is 35.5. The Balaban J connectivity index is 2.13. The lowest BCUT2D eigenvalue weighted by molar-refractivity contribution is 0.631. The number of rotatable bonds is 2. The van der Waals surface area contributed by atoms with E-state index < -0.39 is 0 Å². The van der Waals surface area contributed by atoms with Gasteiger partial charge in [0.05, 0.1) is 0 Å². The van der Waals surface area contributed by atoms with Gasteiger partial charge in [-0.05, 0) is 48.9 Å². The first kappa shape index (κ1) is 12.3. The first-order valence-electron chi connectivity index (χ1n) is 6.16. The third kappa shape index (κ3) is 2.25. The molecule has 0 saturated carbocycles. The summed E-state index contributed by atoms with van der Waals surface area (Å²) in [5.41, 5.74) is 9.72. The van der Waals surface area contributed by atoms with Gasteiger partial charge in [0, 0.05) is 22.5 Å². The second kappa shape index (κ2) is 4.72. The highest BCUT2D eigenvalue weighted by molar-refractivity contribution is 6.31. The predicted octanol–water partition coefficient (Wildman–Crippen LogP) is 4.52. The molecule has 1 heterocycles. The zero-order chi connectivity index (χ0) is 13.4. The number of nitrogens with two attached hydrogens (primary N) is 1. The van der Waals surface area contributed by atoms with Crippen LogP contribution in [0, 0.1) is 6.92 Å². The second-order valence-corrected chi connectivity index (χ2v) is 5.07. The number of fused-ring (bicyclic) bond motifs is 1. The summed E-state index contributed by atoms with van der Waals surface area (Å²) in [6, 6.07) is 14.0. The number of aryl methyl sites for hydroxylation is 1. The maximum Gasteiger partial charge on any atom is 0.135 e. The standard InChI is InChI=1S/C16H14ClNO/c1-10-2-5-15-12(6-10)8-16(19-15)11-3-4-14(17)13(7-11)9-18/h2-8H,9,18H2,1H3. The minimum Gasteiger partial charge on any atom is -0.456 e. The van der Waals surface area contributed by atoms with E-state index in [0.717, 1.165) is 27.9 Å². The van der Waals surface area contributed by atoms with Gasteiger partial charge in [0.25, 0.3) is 0 Å². The number of furan rings is 1. The van der Waals surface area contributed by atoms with E-state index in [1.807, 2.05) is 36.4 Å². The van der Waals surface area contributed by atoms with Gasteiger partial charge < -0.3 is 10.2 Å². The summed E-state index contributed by atoms with van der Waals surface area (Å²) in [5.74, 6) is 0.840. The highest BCUT2D eigenvalue weighted by Gasteiger charge is 2.08. The average molecular weight is 272 g/mol. The van der Waals surface area contributed by atoms with E-state index in [9.17, 15) is 0 Å². The average Bonchev–Trinajstić information content (AvgIpc) is 2.82. The highest BCUT2D eigenvalue weighted by Crippen LogP contribution is 2.30. The number of hydrogen-bond donors (Lipinski definition) is 1. The Hall–Kier alpha value is -1.77. The molecule has 0 aliphatic heterocycles. The fraction of sp³-hybridized carbons (Fsp3) is 0.125. The second-order valence-electron chi connectivity index (χ2n) is 4.66. The Labute approximate surface area is 116 Å². The first-order valence-corrected chi connectivity index (χ1v) is 6.54. The van der Waals surface area contributed by atoms with Crippen LogP contribution in [-0.4, -0.2) is 0 Å². The molecule has 19 heavy (non-hydrogen) atoms. The summed E-state index contributed by atoms with van der Waals surface area (Å²) in [6.45, 7) is 2.49. The molecule has 0 amide bonds. The first-order chi connectivity index (χ1) is 9.17. The van der Waals surface area contributed by atoms with Gasteiger partial charge in [-0.25, -0.2) is 0 Å². The summed E-state index contributed by atoms with van der Waals surface area (Å²) in [4.78, 5) is 0. The molecule has 0 fully saturated rings. The fourth-order valence-corrected chi connectivity index (χ4v) is 2.38. The SMILES string of the molecule is Cc1ccc2oc(-c3ccc(Cl)c(CN)c3)cc2c1. The van der Waals surface area contributed by atoms with Gasteiger partial charge in [-0.1, -0.05) is 23.2 Å². The summed E-state index contributed by atoms with van der Waals surface area (Å²) in [7, 11) is 0. The quantitative estimate of drug-likeness (QED) is 0.744. The van der Waals surface area contributed by atoms with Crippen molar-refractivity contribution in [3.8, 4) is 11.3 Å². The molecule has 0 unspecified atom stereocenters. The van der Waals surface area contributed by atoms with E-state index in [1.165, 1.54) is 5.56 Å². The predicted molar refractivity (Wildman–Crippen MR) is 79.3 cm³/mol. The van der Waals surface area contributed by atoms with Crippen molar-refractivity contribution in [3.05, 3.63) is 58.6 Å². The molecule has 0 spiro atoms. The van der Waals surface area contributed by atoms with Gasteiger partial charge in [-0.3, -0.25) is 0 Å². The molecular formula is C16H14ClNO. The molecule has 2 N–H and O–H groups in total. The largest absolute Gasteiger partial charge is 0.456 e. The van der Waals surface area contributed by atoms with Crippen LogP contribution >= 0.6 is 11.6 Å². The molecule has 1 aromatic heterocycles. The maximum absolute atomic E-state index is 6.07. The summed E-state index contributed by atoms with van der Waals surface area (Å²) < 4.78 is 5.86. The van der Waals surface area contributed by atoms with Crippen LogP contribution < -0.4 is 5.73 Å². The molecule has 2 nitrogen and oxygen atoms in total. The Morgan fingerprint density at radius 1 is 1.11 bits per heavy atom. The number of benzene rings is 2. The van der Waals surface area contributed by atoms with E-state index in [1.54, 1.807) is 0 Å². The molecule has 96 valence electrons. The molecular weight excluding hydrogens is 258 g/mol. The third-order valence-electron chi connectivity index (χ3n) is 3.22. The van der Waals surface area contributed by atoms with Gasteiger partial charge in [0.15, 0.2) is 0 Å². The van der Waals surface area contributed by atoms with Crippen LogP contribution in [0.3, 0.4) is 0 Å². The van der Waals surface area contributed by atoms with Crippen molar-refractivity contribution in [1.82, 2.24) is 0 Å². The van der Waals surface area contributed by atoms with Crippen LogP contribution in [0.25, 0.3) is 22.3 Å². The fourth-order valence-electron chi connectivity index (χ4n) is 2.19. The smallest absolute Gasteiger partial charge is 0.135 e. The van der Waals surface area contributed by atoms with Gasteiger partial charge in [0.1, 0.15) is 11.3 Å². The van der Waals surface area contributed by atoms with E-state index >= 15 is 0 Å². The topological polar surface area (TPSA) is 39.2 Å². The van der Waals surface area contributed by atoms with Crippen molar-refractivity contribution in [2.45, 2.75) is 13.5 Å². The van der Waals surface area contributed by atoms with Crippen molar-refractivity contribution in [3.63, 3.8) is 0 Å². The Morgan fingerprint density at radius 3 is 2.74 bits per heavy atom. The Kier molecular flexibility index (Phi) is 3.05. The van der Waals surface area contributed by atoms with E-state index in [0.29, 0.717) is 11.6 Å². The molecule has 0 aliphatic carbocycles. The van der Waals surface area contributed by atoms with E-state index in [-0.39, 0.29) is 0 Å². The lowest BCUT2D eigenvalue weighted by Crippen LogP contribution is -1.97. The van der Waals surface area contributed by atoms with Crippen LogP contribution in [0.5, 0.6) is 0 Å². The van der Waals surface area contributed by atoms with Crippen LogP contribution in [-0.2, 0) is 6.54 Å². The molecule has 2 aromatic carbocycles. The lowest BCUT2D eigenvalue weighted by atomic mass is 10.1. The molecule has 3 aromatic rings. The van der Waals surface area contributed by atoms with Gasteiger partial charge in [0.2, 0.25) is 0 Å². The van der Waals surface area contributed by atoms with Gasteiger partial charge in [-0.15, -0.1) is 0 Å². The molecule has 0 saturated heterocycles. The molecule has 0 aliphatic rings. The number of hydrogen-bond acceptors (Lipinski definition) is 2. The Morgan fingerprint density at radius 2 is 1.95 bits per heavy atom. The summed E-state index contributed by atoms with van der Waals surface area (Å²) in [5, 5.41) is 1.80. The lowest BCUT2D eigenvalue weighted by Gasteiger charge is -2.03. The van der Waals surface area contributed by atoms with Crippen LogP contribution in [0.2, 0.25) is 5.02 Å². The summed E-state index contributed by atoms with van der Waals surface area (Å²) >= 11 is 6.07. The maximum atomic E-state index is 6.07. The minimum atomic E-state index is 0.423. The van der Waals surface area contributed by atoms with Crippen molar-refractivity contribution in [1.29, 1.82) is 0 Å². The monoisotopic (exact) mass is 271 g/mol. The summed E-state index contributed by atoms with van der Waals surface area (Å²) in [6.07, 6.45) is 0. The van der Waals surface area contributed by atoms with Crippen molar-refractivity contribution < 1.29 is 4.42 Å². The van der Waals surface area contributed by atoms with E-state index in [4.69, 9.17) is 21.8 Å². The van der Waals surface area contributed by atoms with Crippen molar-refractivity contribution in [2.24, 2.45) is 5.73 Å². The molecule has 3 rings (SSSR count). The normalized spacial score (nSPS) is 11.1. The van der Waals surface area contributed by atoms with E-state index in [2.05, 4.69) is 13.0 Å². The zero-order valence-electron chi connectivity index (χ0n) is 10.6. The molecule has 0 atom stereocenters. The zero-order valence-corrected chi connectivity index (χ0v) is 11.4. The van der Waals surface area contributed by atoms with Gasteiger partial charge >= 0.3 is 0 Å². The van der Waals surface area contributed by atoms with Crippen LogP contribution in [0.4, 0.5) is 0 Å². The molecule has 3 heteroatoms. The molecule has 0 bridgehead atoms. The third-order valence-corrected chi connectivity index (χ3v) is 3.59. The van der Waals surface area contributed by atoms with Crippen molar-refractivity contribution in [2.75, 3.05) is 0 Å². The van der Waals surface area contributed by atoms with Crippen molar-refractivity contribution >= 4 is 22.6 Å². The molecule has 0 radical (unpaired) electrons. The Bertz CT molecular complexity index is 746. The van der Waals surface area contributed by atoms with Crippen LogP contribution in [0.15, 0.2) is 46.9 Å². The van der Waals surface area contributed by atoms with Gasteiger partial charge in [-0.2, -0.15) is 0 Å². The van der Waals surface area contributed by atoms with Crippen LogP contribution in [0.1, 0.15) is 11.1 Å².